The average molecular weight is 451 g/mol. The molecule has 4 amide bonds. The third-order valence-electron chi connectivity index (χ3n) is 6.28. The fraction of sp³-hybridized carbons (Fsp3) is 0.571. The number of hydrogen-bond donors (Lipinski definition) is 2. The molecule has 170 valence electrons. The quantitative estimate of drug-likeness (QED) is 0.618. The molecule has 2 fully saturated rings. The second-order valence-electron chi connectivity index (χ2n) is 8.10. The van der Waals surface area contributed by atoms with Gasteiger partial charge in [0.15, 0.2) is 0 Å². The largest absolute Gasteiger partial charge is 0.325 e. The molecule has 1 aromatic rings. The number of nitrogens with one attached hydrogen (secondary N) is 2. The van der Waals surface area contributed by atoms with Gasteiger partial charge < -0.3 is 10.6 Å². The third kappa shape index (κ3) is 4.31. The van der Waals surface area contributed by atoms with Crippen molar-refractivity contribution in [2.75, 3.05) is 25.0 Å². The van der Waals surface area contributed by atoms with Gasteiger partial charge in [-0.3, -0.25) is 14.5 Å². The summed E-state index contributed by atoms with van der Waals surface area (Å²) in [6.45, 7) is 5.83. The molecule has 1 saturated carbocycles. The van der Waals surface area contributed by atoms with Crippen LogP contribution in [0.4, 0.5) is 10.5 Å². The molecule has 3 rings (SSSR count). The second-order valence-corrected chi connectivity index (χ2v) is 10.0. The van der Waals surface area contributed by atoms with Crippen LogP contribution in [0, 0.1) is 5.92 Å². The zero-order valence-electron chi connectivity index (χ0n) is 18.2. The summed E-state index contributed by atoms with van der Waals surface area (Å²) >= 11 is 0. The van der Waals surface area contributed by atoms with Crippen molar-refractivity contribution in [2.45, 2.75) is 56.9 Å². The van der Waals surface area contributed by atoms with E-state index < -0.39 is 34.0 Å². The number of benzene rings is 1. The number of carbonyl (C=O) groups is 3. The molecule has 2 aliphatic rings. The predicted molar refractivity (Wildman–Crippen MR) is 116 cm³/mol. The Morgan fingerprint density at radius 3 is 2.42 bits per heavy atom. The van der Waals surface area contributed by atoms with Crippen molar-refractivity contribution in [1.29, 1.82) is 0 Å². The molecule has 2 unspecified atom stereocenters. The first kappa shape index (κ1) is 23.2. The number of sulfonamides is 1. The van der Waals surface area contributed by atoms with E-state index in [9.17, 15) is 22.8 Å². The highest BCUT2D eigenvalue weighted by Gasteiger charge is 2.55. The number of hydrogen-bond acceptors (Lipinski definition) is 5. The van der Waals surface area contributed by atoms with Gasteiger partial charge in [0, 0.05) is 18.8 Å². The maximum atomic E-state index is 13.0. The van der Waals surface area contributed by atoms with E-state index in [0.717, 1.165) is 24.2 Å². The summed E-state index contributed by atoms with van der Waals surface area (Å²) in [5.74, 6) is -0.852. The van der Waals surface area contributed by atoms with Crippen LogP contribution in [-0.4, -0.2) is 60.6 Å². The van der Waals surface area contributed by atoms with E-state index in [-0.39, 0.29) is 16.7 Å². The van der Waals surface area contributed by atoms with Gasteiger partial charge in [0.05, 0.1) is 4.90 Å². The number of imide groups is 1. The minimum absolute atomic E-state index is 0.0195. The smallest absolute Gasteiger partial charge is 0.325 e. The van der Waals surface area contributed by atoms with E-state index in [4.69, 9.17) is 0 Å². The van der Waals surface area contributed by atoms with Crippen molar-refractivity contribution < 1.29 is 22.8 Å². The molecular weight excluding hydrogens is 420 g/mol. The van der Waals surface area contributed by atoms with Crippen LogP contribution in [0.15, 0.2) is 29.2 Å². The van der Waals surface area contributed by atoms with Gasteiger partial charge in [-0.2, -0.15) is 4.31 Å². The lowest BCUT2D eigenvalue weighted by Crippen LogP contribution is -2.54. The fourth-order valence-electron chi connectivity index (χ4n) is 4.41. The summed E-state index contributed by atoms with van der Waals surface area (Å²) in [7, 11) is -3.59. The Morgan fingerprint density at radius 2 is 1.84 bits per heavy atom. The number of carbonyl (C=O) groups excluding carboxylic acids is 3. The van der Waals surface area contributed by atoms with Gasteiger partial charge in [-0.05, 0) is 43.0 Å². The number of urea groups is 1. The lowest BCUT2D eigenvalue weighted by molar-refractivity contribution is -0.136. The second kappa shape index (κ2) is 8.96. The highest BCUT2D eigenvalue weighted by atomic mass is 32.2. The molecule has 1 aromatic carbocycles. The molecule has 9 nitrogen and oxygen atoms in total. The first-order valence-corrected chi connectivity index (χ1v) is 12.1. The Hall–Kier alpha value is -2.46. The minimum Gasteiger partial charge on any atom is -0.325 e. The van der Waals surface area contributed by atoms with Gasteiger partial charge >= 0.3 is 6.03 Å². The molecule has 1 saturated heterocycles. The van der Waals surface area contributed by atoms with Crippen molar-refractivity contribution in [3.8, 4) is 0 Å². The maximum Gasteiger partial charge on any atom is 0.325 e. The molecule has 2 atom stereocenters. The summed E-state index contributed by atoms with van der Waals surface area (Å²) in [4.78, 5) is 39.0. The number of rotatable bonds is 7. The van der Waals surface area contributed by atoms with Crippen molar-refractivity contribution in [3.63, 3.8) is 0 Å². The monoisotopic (exact) mass is 450 g/mol. The number of amides is 4. The van der Waals surface area contributed by atoms with Crippen LogP contribution in [0.2, 0.25) is 0 Å². The van der Waals surface area contributed by atoms with Crippen LogP contribution in [-0.2, 0) is 19.6 Å². The summed E-state index contributed by atoms with van der Waals surface area (Å²) < 4.78 is 26.5. The first-order valence-electron chi connectivity index (χ1n) is 10.7. The summed E-state index contributed by atoms with van der Waals surface area (Å²) in [6.07, 6.45) is 3.32. The van der Waals surface area contributed by atoms with Crippen LogP contribution in [0.3, 0.4) is 0 Å². The SMILES string of the molecule is CCN(CC)S(=O)(=O)c1ccc(NC(=O)CN2C(=O)NC3(CCCCC3C)C2=O)cc1. The van der Waals surface area contributed by atoms with Gasteiger partial charge in [-0.25, -0.2) is 13.2 Å². The van der Waals surface area contributed by atoms with Crippen molar-refractivity contribution in [3.05, 3.63) is 24.3 Å². The molecule has 1 aliphatic heterocycles. The zero-order chi connectivity index (χ0) is 22.8. The maximum absolute atomic E-state index is 13.0. The molecule has 1 aliphatic carbocycles. The van der Waals surface area contributed by atoms with Crippen LogP contribution >= 0.6 is 0 Å². The predicted octanol–water partition coefficient (Wildman–Crippen LogP) is 2.16. The van der Waals surface area contributed by atoms with E-state index in [1.165, 1.54) is 28.6 Å². The molecule has 10 heteroatoms. The highest BCUT2D eigenvalue weighted by molar-refractivity contribution is 7.89. The molecule has 0 bridgehead atoms. The molecule has 1 heterocycles. The van der Waals surface area contributed by atoms with Gasteiger partial charge in [0.1, 0.15) is 12.1 Å². The van der Waals surface area contributed by atoms with Gasteiger partial charge in [0.2, 0.25) is 15.9 Å². The molecular formula is C21H30N4O5S. The first-order chi connectivity index (χ1) is 14.7. The summed E-state index contributed by atoms with van der Waals surface area (Å²) in [5, 5.41) is 5.45. The van der Waals surface area contributed by atoms with Gasteiger partial charge in [-0.1, -0.05) is 33.6 Å². The van der Waals surface area contributed by atoms with Gasteiger partial charge in [-0.15, -0.1) is 0 Å². The Labute approximate surface area is 183 Å². The number of nitrogens with zero attached hydrogens (tertiary/aromatic N) is 2. The Balaban J connectivity index is 1.66. The topological polar surface area (TPSA) is 116 Å². The van der Waals surface area contributed by atoms with E-state index in [2.05, 4.69) is 10.6 Å². The minimum atomic E-state index is -3.59. The molecule has 1 spiro atoms. The van der Waals surface area contributed by atoms with E-state index in [1.807, 2.05) is 6.92 Å². The summed E-state index contributed by atoms with van der Waals surface area (Å²) in [6, 6.07) is 5.29. The molecule has 31 heavy (non-hydrogen) atoms. The van der Waals surface area contributed by atoms with Crippen LogP contribution in [0.1, 0.15) is 46.5 Å². The van der Waals surface area contributed by atoms with E-state index >= 15 is 0 Å². The van der Waals surface area contributed by atoms with Crippen molar-refractivity contribution >= 4 is 33.6 Å². The molecule has 2 N–H and O–H groups in total. The Kier molecular flexibility index (Phi) is 6.70. The lowest BCUT2D eigenvalue weighted by atomic mass is 9.73. The van der Waals surface area contributed by atoms with Crippen molar-refractivity contribution in [1.82, 2.24) is 14.5 Å². The van der Waals surface area contributed by atoms with E-state index in [1.54, 1.807) is 13.8 Å². The summed E-state index contributed by atoms with van der Waals surface area (Å²) in [5.41, 5.74) is -0.521. The van der Waals surface area contributed by atoms with Crippen LogP contribution in [0.5, 0.6) is 0 Å². The van der Waals surface area contributed by atoms with E-state index in [0.29, 0.717) is 25.2 Å². The Bertz CT molecular complexity index is 958. The van der Waals surface area contributed by atoms with Gasteiger partial charge in [0.25, 0.3) is 5.91 Å². The highest BCUT2D eigenvalue weighted by Crippen LogP contribution is 2.38. The standard InChI is InChI=1S/C21H30N4O5S/c1-4-24(5-2)31(29,30)17-11-9-16(10-12-17)22-18(26)14-25-19(27)21(23-20(25)28)13-7-6-8-15(21)3/h9-12,15H,4-8,13-14H2,1-3H3,(H,22,26)(H,23,28). The van der Waals surface area contributed by atoms with Crippen LogP contribution < -0.4 is 10.6 Å². The molecule has 0 radical (unpaired) electrons. The molecule has 0 aromatic heterocycles. The normalized spacial score (nSPS) is 24.0. The number of anilines is 1. The lowest BCUT2D eigenvalue weighted by Gasteiger charge is -2.36. The zero-order valence-corrected chi connectivity index (χ0v) is 19.0. The van der Waals surface area contributed by atoms with Crippen LogP contribution in [0.25, 0.3) is 0 Å². The average Bonchev–Trinajstić information content (AvgIpc) is 2.96. The third-order valence-corrected chi connectivity index (χ3v) is 8.35. The van der Waals surface area contributed by atoms with Crippen molar-refractivity contribution in [2.24, 2.45) is 5.92 Å². The fourth-order valence-corrected chi connectivity index (χ4v) is 5.86. The Morgan fingerprint density at radius 1 is 1.19 bits per heavy atom.